The van der Waals surface area contributed by atoms with Crippen LogP contribution in [0.3, 0.4) is 0 Å². The van der Waals surface area contributed by atoms with E-state index in [1.807, 2.05) is 43.3 Å². The minimum Gasteiger partial charge on any atom is -0.490 e. The first-order valence-corrected chi connectivity index (χ1v) is 10.4. The topological polar surface area (TPSA) is 78.4 Å². The van der Waals surface area contributed by atoms with Crippen molar-refractivity contribution < 1.29 is 23.7 Å². The molecule has 0 fully saturated rings. The van der Waals surface area contributed by atoms with Crippen molar-refractivity contribution in [2.24, 2.45) is 5.10 Å². The summed E-state index contributed by atoms with van der Waals surface area (Å²) in [5, 5.41) is 4.72. The third-order valence-electron chi connectivity index (χ3n) is 4.59. The van der Waals surface area contributed by atoms with Crippen LogP contribution < -0.4 is 24.4 Å². The van der Waals surface area contributed by atoms with Crippen molar-refractivity contribution in [3.63, 3.8) is 0 Å². The molecule has 0 spiro atoms. The van der Waals surface area contributed by atoms with Crippen LogP contribution in [-0.2, 0) is 6.61 Å². The minimum atomic E-state index is -0.354. The molecule has 1 N–H and O–H groups in total. The number of benzene rings is 3. The third-order valence-corrected chi connectivity index (χ3v) is 4.84. The number of hydrazone groups is 1. The molecule has 0 saturated heterocycles. The van der Waals surface area contributed by atoms with E-state index in [0.717, 1.165) is 11.1 Å². The molecule has 0 aromatic heterocycles. The van der Waals surface area contributed by atoms with Gasteiger partial charge >= 0.3 is 0 Å². The van der Waals surface area contributed by atoms with E-state index in [1.54, 1.807) is 24.3 Å². The van der Waals surface area contributed by atoms with Gasteiger partial charge in [-0.15, -0.1) is 0 Å². The first-order chi connectivity index (χ1) is 15.6. The Morgan fingerprint density at radius 3 is 2.66 bits per heavy atom. The highest BCUT2D eigenvalue weighted by molar-refractivity contribution is 6.30. The van der Waals surface area contributed by atoms with Gasteiger partial charge in [-0.2, -0.15) is 5.10 Å². The normalized spacial score (nSPS) is 12.1. The van der Waals surface area contributed by atoms with Crippen LogP contribution in [0.2, 0.25) is 5.02 Å². The number of ether oxygens (including phenoxy) is 4. The van der Waals surface area contributed by atoms with E-state index in [-0.39, 0.29) is 12.7 Å². The summed E-state index contributed by atoms with van der Waals surface area (Å²) in [5.74, 6) is 2.01. The summed E-state index contributed by atoms with van der Waals surface area (Å²) in [6.07, 6.45) is 1.54. The molecule has 1 aliphatic heterocycles. The van der Waals surface area contributed by atoms with Crippen molar-refractivity contribution in [3.8, 4) is 23.0 Å². The molecule has 3 aromatic rings. The number of hydrogen-bond acceptors (Lipinski definition) is 6. The molecule has 4 rings (SSSR count). The molecule has 0 atom stereocenters. The Morgan fingerprint density at radius 2 is 1.84 bits per heavy atom. The van der Waals surface area contributed by atoms with Gasteiger partial charge in [-0.05, 0) is 66.6 Å². The second kappa shape index (κ2) is 10.1. The Morgan fingerprint density at radius 1 is 1.03 bits per heavy atom. The minimum absolute atomic E-state index is 0.153. The number of carbonyl (C=O) groups is 1. The Balaban J connectivity index is 1.39. The van der Waals surface area contributed by atoms with Crippen molar-refractivity contribution >= 4 is 23.7 Å². The van der Waals surface area contributed by atoms with Crippen molar-refractivity contribution in [2.45, 2.75) is 13.5 Å². The predicted molar refractivity (Wildman–Crippen MR) is 121 cm³/mol. The van der Waals surface area contributed by atoms with Gasteiger partial charge in [-0.1, -0.05) is 23.7 Å². The summed E-state index contributed by atoms with van der Waals surface area (Å²) < 4.78 is 22.1. The maximum atomic E-state index is 12.3. The van der Waals surface area contributed by atoms with E-state index in [2.05, 4.69) is 10.5 Å². The number of nitrogens with zero attached hydrogens (tertiary/aromatic N) is 1. The molecule has 7 nitrogen and oxygen atoms in total. The lowest BCUT2D eigenvalue weighted by Crippen LogP contribution is -2.17. The Kier molecular flexibility index (Phi) is 6.77. The van der Waals surface area contributed by atoms with Crippen molar-refractivity contribution in [3.05, 3.63) is 82.4 Å². The van der Waals surface area contributed by atoms with Gasteiger partial charge in [0, 0.05) is 10.6 Å². The number of nitrogens with one attached hydrogen (secondary N) is 1. The summed E-state index contributed by atoms with van der Waals surface area (Å²) >= 11 is 5.92. The number of rotatable bonds is 8. The fraction of sp³-hybridized carbons (Fsp3) is 0.167. The van der Waals surface area contributed by atoms with E-state index in [9.17, 15) is 4.79 Å². The van der Waals surface area contributed by atoms with Crippen LogP contribution in [0.25, 0.3) is 0 Å². The Bertz CT molecular complexity index is 1130. The standard InChI is InChI=1S/C24H21ClN2O5/c1-2-29-22-11-17(5-9-20(22)30-14-16-3-7-19(25)8-4-16)13-26-27-24(28)18-6-10-21-23(12-18)32-15-31-21/h3-13H,2,14-15H2,1H3,(H,27,28)/b26-13-. The highest BCUT2D eigenvalue weighted by Gasteiger charge is 2.16. The number of amides is 1. The highest BCUT2D eigenvalue weighted by atomic mass is 35.5. The van der Waals surface area contributed by atoms with Crippen molar-refractivity contribution in [1.82, 2.24) is 5.43 Å². The third kappa shape index (κ3) is 5.31. The van der Waals surface area contributed by atoms with Gasteiger partial charge in [0.25, 0.3) is 5.91 Å². The molecule has 0 bridgehead atoms. The SMILES string of the molecule is CCOc1cc(/C=N\NC(=O)c2ccc3c(c2)OCO3)ccc1OCc1ccc(Cl)cc1. The zero-order chi connectivity index (χ0) is 22.3. The number of hydrogen-bond donors (Lipinski definition) is 1. The quantitative estimate of drug-likeness (QED) is 0.392. The summed E-state index contributed by atoms with van der Waals surface area (Å²) in [5.41, 5.74) is 4.67. The maximum absolute atomic E-state index is 12.3. The molecule has 0 saturated carbocycles. The van der Waals surface area contributed by atoms with Crippen LogP contribution in [0.5, 0.6) is 23.0 Å². The average Bonchev–Trinajstić information content (AvgIpc) is 3.28. The summed E-state index contributed by atoms with van der Waals surface area (Å²) in [6.45, 7) is 2.92. The smallest absolute Gasteiger partial charge is 0.271 e. The predicted octanol–water partition coefficient (Wildman–Crippen LogP) is 4.81. The van der Waals surface area contributed by atoms with Crippen molar-refractivity contribution in [1.29, 1.82) is 0 Å². The van der Waals surface area contributed by atoms with Gasteiger partial charge in [0.05, 0.1) is 12.8 Å². The highest BCUT2D eigenvalue weighted by Crippen LogP contribution is 2.32. The number of halogens is 1. The first kappa shape index (κ1) is 21.5. The van der Waals surface area contributed by atoms with Crippen LogP contribution >= 0.6 is 11.6 Å². The summed E-state index contributed by atoms with van der Waals surface area (Å²) in [6, 6.07) is 17.9. The van der Waals surface area contributed by atoms with Gasteiger partial charge in [0.15, 0.2) is 23.0 Å². The number of carbonyl (C=O) groups excluding carboxylic acids is 1. The van der Waals surface area contributed by atoms with Crippen LogP contribution in [-0.4, -0.2) is 25.5 Å². The van der Waals surface area contributed by atoms with Crippen LogP contribution in [0, 0.1) is 0 Å². The van der Waals surface area contributed by atoms with E-state index in [4.69, 9.17) is 30.5 Å². The lowest BCUT2D eigenvalue weighted by molar-refractivity contribution is 0.0954. The van der Waals surface area contributed by atoms with Crippen molar-refractivity contribution in [2.75, 3.05) is 13.4 Å². The van der Waals surface area contributed by atoms with Gasteiger partial charge < -0.3 is 18.9 Å². The molecular weight excluding hydrogens is 432 g/mol. The summed E-state index contributed by atoms with van der Waals surface area (Å²) in [4.78, 5) is 12.3. The lowest BCUT2D eigenvalue weighted by atomic mass is 10.2. The second-order valence-electron chi connectivity index (χ2n) is 6.82. The molecule has 8 heteroatoms. The maximum Gasteiger partial charge on any atom is 0.271 e. The monoisotopic (exact) mass is 452 g/mol. The largest absolute Gasteiger partial charge is 0.490 e. The average molecular weight is 453 g/mol. The first-order valence-electron chi connectivity index (χ1n) is 9.99. The Labute approximate surface area is 190 Å². The van der Waals surface area contributed by atoms with Crippen LogP contribution in [0.1, 0.15) is 28.4 Å². The molecule has 0 unspecified atom stereocenters. The van der Waals surface area contributed by atoms with Gasteiger partial charge in [-0.3, -0.25) is 4.79 Å². The van der Waals surface area contributed by atoms with E-state index >= 15 is 0 Å². The van der Waals surface area contributed by atoms with Gasteiger partial charge in [0.1, 0.15) is 6.61 Å². The molecule has 3 aromatic carbocycles. The Hall–Kier alpha value is -3.71. The molecule has 164 valence electrons. The fourth-order valence-electron chi connectivity index (χ4n) is 3.00. The van der Waals surface area contributed by atoms with Crippen LogP contribution in [0.15, 0.2) is 65.8 Å². The van der Waals surface area contributed by atoms with Crippen LogP contribution in [0.4, 0.5) is 0 Å². The zero-order valence-corrected chi connectivity index (χ0v) is 18.1. The molecule has 0 radical (unpaired) electrons. The molecular formula is C24H21ClN2O5. The molecule has 1 amide bonds. The van der Waals surface area contributed by atoms with E-state index < -0.39 is 0 Å². The molecule has 1 heterocycles. The summed E-state index contributed by atoms with van der Waals surface area (Å²) in [7, 11) is 0. The second-order valence-corrected chi connectivity index (χ2v) is 7.26. The lowest BCUT2D eigenvalue weighted by Gasteiger charge is -2.12. The van der Waals surface area contributed by atoms with E-state index in [0.29, 0.717) is 46.8 Å². The molecule has 32 heavy (non-hydrogen) atoms. The van der Waals surface area contributed by atoms with Gasteiger partial charge in [-0.25, -0.2) is 5.43 Å². The molecule has 1 aliphatic rings. The van der Waals surface area contributed by atoms with Gasteiger partial charge in [0.2, 0.25) is 6.79 Å². The number of fused-ring (bicyclic) bond motifs is 1. The zero-order valence-electron chi connectivity index (χ0n) is 17.3. The fourth-order valence-corrected chi connectivity index (χ4v) is 3.13. The molecule has 0 aliphatic carbocycles. The van der Waals surface area contributed by atoms with E-state index in [1.165, 1.54) is 6.21 Å².